The van der Waals surface area contributed by atoms with E-state index in [2.05, 4.69) is 15.3 Å². The molecule has 1 fully saturated rings. The van der Waals surface area contributed by atoms with Gasteiger partial charge >= 0.3 is 0 Å². The lowest BCUT2D eigenvalue weighted by Crippen LogP contribution is -2.48. The van der Waals surface area contributed by atoms with Gasteiger partial charge in [0.05, 0.1) is 12.1 Å². The summed E-state index contributed by atoms with van der Waals surface area (Å²) in [6, 6.07) is 7.88. The van der Waals surface area contributed by atoms with E-state index in [1.807, 2.05) is 67.0 Å². The molecule has 7 nitrogen and oxygen atoms in total. The van der Waals surface area contributed by atoms with Crippen LogP contribution in [-0.4, -0.2) is 52.9 Å². The fraction of sp³-hybridized carbons (Fsp3) is 0.222. The van der Waals surface area contributed by atoms with Gasteiger partial charge in [-0.25, -0.2) is 15.0 Å². The molecule has 1 aromatic carbocycles. The first-order valence-electron chi connectivity index (χ1n) is 8.56. The summed E-state index contributed by atoms with van der Waals surface area (Å²) < 4.78 is 1.96. The van der Waals surface area contributed by atoms with E-state index in [9.17, 15) is 4.79 Å². The number of hydrogen-bond acceptors (Lipinski definition) is 5. The van der Waals surface area contributed by atoms with Gasteiger partial charge in [-0.05, 0) is 24.3 Å². The van der Waals surface area contributed by atoms with Crippen molar-refractivity contribution in [2.45, 2.75) is 0 Å². The number of aryl methyl sites for hydroxylation is 1. The smallest absolute Gasteiger partial charge is 0.239 e. The second-order valence-electron chi connectivity index (χ2n) is 6.38. The first-order valence-corrected chi connectivity index (χ1v) is 8.56. The molecular formula is C18H19BN6O. The molecule has 26 heavy (non-hydrogen) atoms. The van der Waals surface area contributed by atoms with Gasteiger partial charge in [-0.1, -0.05) is 12.1 Å². The van der Waals surface area contributed by atoms with Gasteiger partial charge in [0.1, 0.15) is 11.6 Å². The molecule has 3 aromatic rings. The largest absolute Gasteiger partial charge is 0.353 e. The van der Waals surface area contributed by atoms with Gasteiger partial charge in [0.25, 0.3) is 0 Å². The zero-order valence-corrected chi connectivity index (χ0v) is 14.8. The third kappa shape index (κ3) is 3.18. The second-order valence-corrected chi connectivity index (χ2v) is 6.38. The summed E-state index contributed by atoms with van der Waals surface area (Å²) >= 11 is 0. The highest BCUT2D eigenvalue weighted by molar-refractivity contribution is 6.30. The Morgan fingerprint density at radius 1 is 1.19 bits per heavy atom. The molecule has 4 rings (SSSR count). The highest BCUT2D eigenvalue weighted by Crippen LogP contribution is 2.24. The molecule has 0 unspecified atom stereocenters. The normalized spacial score (nSPS) is 15.0. The highest BCUT2D eigenvalue weighted by Gasteiger charge is 2.20. The summed E-state index contributed by atoms with van der Waals surface area (Å²) in [5.74, 6) is 2.25. The molecule has 8 heteroatoms. The van der Waals surface area contributed by atoms with E-state index in [0.717, 1.165) is 34.7 Å². The van der Waals surface area contributed by atoms with Crippen LogP contribution in [0.1, 0.15) is 11.6 Å². The predicted molar refractivity (Wildman–Crippen MR) is 105 cm³/mol. The summed E-state index contributed by atoms with van der Waals surface area (Å²) in [6.07, 6.45) is 5.74. The number of para-hydroxylation sites is 1. The average Bonchev–Trinajstić information content (AvgIpc) is 2.96. The van der Waals surface area contributed by atoms with Crippen molar-refractivity contribution in [2.24, 2.45) is 7.05 Å². The number of nitrogens with one attached hydrogen (secondary N) is 1. The van der Waals surface area contributed by atoms with Crippen LogP contribution in [0.15, 0.2) is 30.5 Å². The molecule has 1 amide bonds. The molecular weight excluding hydrogens is 327 g/mol. The van der Waals surface area contributed by atoms with Crippen molar-refractivity contribution < 1.29 is 4.79 Å². The van der Waals surface area contributed by atoms with E-state index >= 15 is 0 Å². The number of anilines is 1. The topological polar surface area (TPSA) is 75.9 Å². The van der Waals surface area contributed by atoms with Gasteiger partial charge in [0, 0.05) is 37.3 Å². The van der Waals surface area contributed by atoms with Crippen LogP contribution in [-0.2, 0) is 11.8 Å². The van der Waals surface area contributed by atoms with Crippen molar-refractivity contribution >= 4 is 48.2 Å². The summed E-state index contributed by atoms with van der Waals surface area (Å²) in [6.45, 7) is 1.66. The van der Waals surface area contributed by atoms with Crippen LogP contribution in [0, 0.1) is 0 Å². The number of piperazine rings is 1. The molecule has 0 bridgehead atoms. The lowest BCUT2D eigenvalue weighted by Gasteiger charge is -2.28. The number of aromatic nitrogens is 4. The Labute approximate surface area is 152 Å². The summed E-state index contributed by atoms with van der Waals surface area (Å²) in [7, 11) is 3.92. The van der Waals surface area contributed by atoms with E-state index in [1.165, 1.54) is 0 Å². The Balaban J connectivity index is 1.76. The molecule has 3 heterocycles. The molecule has 1 N–H and O–H groups in total. The number of carbonyl (C=O) groups excluding carboxylic acids is 1. The average molecular weight is 346 g/mol. The van der Waals surface area contributed by atoms with Crippen molar-refractivity contribution in [1.29, 1.82) is 0 Å². The molecule has 0 atom stereocenters. The number of fused-ring (bicyclic) bond motifs is 1. The van der Waals surface area contributed by atoms with Crippen LogP contribution < -0.4 is 15.8 Å². The van der Waals surface area contributed by atoms with Crippen LogP contribution in [0.2, 0.25) is 0 Å². The summed E-state index contributed by atoms with van der Waals surface area (Å²) in [5.41, 5.74) is 1.82. The van der Waals surface area contributed by atoms with Gasteiger partial charge in [0.2, 0.25) is 5.91 Å². The van der Waals surface area contributed by atoms with E-state index in [-0.39, 0.29) is 5.91 Å². The second kappa shape index (κ2) is 6.63. The van der Waals surface area contributed by atoms with Crippen molar-refractivity contribution in [2.75, 3.05) is 24.5 Å². The Kier molecular flexibility index (Phi) is 4.16. The fourth-order valence-electron chi connectivity index (χ4n) is 3.15. The maximum Gasteiger partial charge on any atom is 0.239 e. The van der Waals surface area contributed by atoms with E-state index < -0.39 is 0 Å². The van der Waals surface area contributed by atoms with Crippen molar-refractivity contribution in [3.8, 4) is 0 Å². The molecule has 0 aliphatic carbocycles. The molecule has 1 aliphatic rings. The molecule has 0 radical (unpaired) electrons. The van der Waals surface area contributed by atoms with E-state index in [4.69, 9.17) is 4.98 Å². The van der Waals surface area contributed by atoms with Crippen LogP contribution >= 0.6 is 0 Å². The highest BCUT2D eigenvalue weighted by atomic mass is 16.2. The predicted octanol–water partition coefficient (Wildman–Crippen LogP) is -0.272. The third-order valence-corrected chi connectivity index (χ3v) is 4.35. The van der Waals surface area contributed by atoms with Crippen molar-refractivity contribution in [3.63, 3.8) is 0 Å². The van der Waals surface area contributed by atoms with Crippen LogP contribution in [0.3, 0.4) is 0 Å². The standard InChI is InChI=1S/C18H19BN6O/c1-24-10-14(19)22-16(24)7-6-15-21-13-5-3-2-4-12(13)18(23-15)25-9-8-20-17(26)11-25/h2-7,10H,8-9,11,19H2,1H3,(H,20,26)/b7-6+. The maximum absolute atomic E-state index is 11.8. The minimum Gasteiger partial charge on any atom is -0.353 e. The number of amides is 1. The maximum atomic E-state index is 11.8. The van der Waals surface area contributed by atoms with E-state index in [1.54, 1.807) is 0 Å². The molecule has 0 spiro atoms. The van der Waals surface area contributed by atoms with Gasteiger partial charge in [0.15, 0.2) is 13.7 Å². The number of nitrogens with zero attached hydrogens (tertiary/aromatic N) is 5. The van der Waals surface area contributed by atoms with Crippen molar-refractivity contribution in [3.05, 3.63) is 42.1 Å². The summed E-state index contributed by atoms with van der Waals surface area (Å²) in [5, 5.41) is 3.80. The van der Waals surface area contributed by atoms with Gasteiger partial charge < -0.3 is 14.8 Å². The van der Waals surface area contributed by atoms with Crippen LogP contribution in [0.25, 0.3) is 23.1 Å². The Bertz CT molecular complexity index is 1010. The monoisotopic (exact) mass is 346 g/mol. The zero-order valence-electron chi connectivity index (χ0n) is 14.8. The number of hydrogen-bond donors (Lipinski definition) is 1. The fourth-order valence-corrected chi connectivity index (χ4v) is 3.15. The first-order chi connectivity index (χ1) is 12.6. The molecule has 130 valence electrons. The quantitative estimate of drug-likeness (QED) is 0.661. The third-order valence-electron chi connectivity index (χ3n) is 4.35. The van der Waals surface area contributed by atoms with Crippen LogP contribution in [0.5, 0.6) is 0 Å². The molecule has 1 saturated heterocycles. The minimum atomic E-state index is 0.0134. The number of imidazole rings is 1. The first kappa shape index (κ1) is 16.3. The lowest BCUT2D eigenvalue weighted by atomic mass is 10.1. The van der Waals surface area contributed by atoms with Crippen molar-refractivity contribution in [1.82, 2.24) is 24.8 Å². The Hall–Kier alpha value is -3.16. The van der Waals surface area contributed by atoms with Gasteiger partial charge in [-0.2, -0.15) is 0 Å². The SMILES string of the molecule is Bc1cn(C)c(/C=C/c2nc(N3CCNC(=O)C3)c3ccccc3n2)n1. The molecule has 0 saturated carbocycles. The minimum absolute atomic E-state index is 0.0134. The zero-order chi connectivity index (χ0) is 18.1. The Morgan fingerprint density at radius 2 is 2.04 bits per heavy atom. The number of carbonyl (C=O) groups is 1. The Morgan fingerprint density at radius 3 is 2.81 bits per heavy atom. The number of benzene rings is 1. The summed E-state index contributed by atoms with van der Waals surface area (Å²) in [4.78, 5) is 27.6. The molecule has 1 aliphatic heterocycles. The van der Waals surface area contributed by atoms with Gasteiger partial charge in [-0.3, -0.25) is 4.79 Å². The van der Waals surface area contributed by atoms with Crippen LogP contribution in [0.4, 0.5) is 5.82 Å². The molecule has 2 aromatic heterocycles. The number of rotatable bonds is 3. The van der Waals surface area contributed by atoms with E-state index in [0.29, 0.717) is 18.9 Å². The lowest BCUT2D eigenvalue weighted by molar-refractivity contribution is -0.120. The van der Waals surface area contributed by atoms with Gasteiger partial charge in [-0.15, -0.1) is 0 Å².